The lowest BCUT2D eigenvalue weighted by Gasteiger charge is -2.29. The Labute approximate surface area is 110 Å². The van der Waals surface area contributed by atoms with Gasteiger partial charge in [0.2, 0.25) is 0 Å². The average Bonchev–Trinajstić information content (AvgIpc) is 2.39. The molecule has 1 saturated heterocycles. The minimum absolute atomic E-state index is 0.335. The van der Waals surface area contributed by atoms with Crippen molar-refractivity contribution < 1.29 is 5.11 Å². The van der Waals surface area contributed by atoms with Crippen LogP contribution in [0.25, 0.3) is 0 Å². The second-order valence-electron chi connectivity index (χ2n) is 5.63. The SMILES string of the molecule is CCc1ccc(C(O)CC2CC(C)CCN2)cc1. The third-order valence-electron chi connectivity index (χ3n) is 4.04. The highest BCUT2D eigenvalue weighted by Gasteiger charge is 2.21. The lowest BCUT2D eigenvalue weighted by atomic mass is 9.89. The van der Waals surface area contributed by atoms with Crippen LogP contribution in [0.2, 0.25) is 0 Å². The molecule has 0 amide bonds. The average molecular weight is 247 g/mol. The summed E-state index contributed by atoms with van der Waals surface area (Å²) in [4.78, 5) is 0. The number of nitrogens with one attached hydrogen (secondary N) is 1. The van der Waals surface area contributed by atoms with E-state index in [0.29, 0.717) is 6.04 Å². The molecule has 1 heterocycles. The normalized spacial score (nSPS) is 25.9. The molecular weight excluding hydrogens is 222 g/mol. The van der Waals surface area contributed by atoms with Gasteiger partial charge in [0.1, 0.15) is 0 Å². The van der Waals surface area contributed by atoms with Gasteiger partial charge < -0.3 is 10.4 Å². The zero-order valence-electron chi connectivity index (χ0n) is 11.5. The predicted octanol–water partition coefficient (Wildman–Crippen LogP) is 3.06. The zero-order chi connectivity index (χ0) is 13.0. The number of rotatable bonds is 4. The molecule has 1 aromatic carbocycles. The Morgan fingerprint density at radius 3 is 2.67 bits per heavy atom. The van der Waals surface area contributed by atoms with Gasteiger partial charge in [-0.1, -0.05) is 38.1 Å². The molecule has 100 valence electrons. The number of aryl methyl sites for hydroxylation is 1. The van der Waals surface area contributed by atoms with Gasteiger partial charge in [0.15, 0.2) is 0 Å². The largest absolute Gasteiger partial charge is 0.388 e. The summed E-state index contributed by atoms with van der Waals surface area (Å²) in [6, 6.07) is 8.84. The van der Waals surface area contributed by atoms with Gasteiger partial charge in [0.25, 0.3) is 0 Å². The number of benzene rings is 1. The Bertz CT molecular complexity index is 360. The smallest absolute Gasteiger partial charge is 0.0804 e. The molecule has 1 aliphatic rings. The first-order valence-corrected chi connectivity index (χ1v) is 7.19. The molecule has 0 saturated carbocycles. The Morgan fingerprint density at radius 2 is 2.06 bits per heavy atom. The maximum atomic E-state index is 10.3. The second-order valence-corrected chi connectivity index (χ2v) is 5.63. The second kappa shape index (κ2) is 6.35. The standard InChI is InChI=1S/C16H25NO/c1-3-13-4-6-14(7-5-13)16(18)11-15-10-12(2)8-9-17-15/h4-7,12,15-18H,3,8-11H2,1-2H3. The van der Waals surface area contributed by atoms with Crippen LogP contribution in [0.15, 0.2) is 24.3 Å². The van der Waals surface area contributed by atoms with Crippen molar-refractivity contribution in [1.82, 2.24) is 5.32 Å². The van der Waals surface area contributed by atoms with Gasteiger partial charge in [0.05, 0.1) is 6.10 Å². The van der Waals surface area contributed by atoms with Crippen molar-refractivity contribution in [3.05, 3.63) is 35.4 Å². The number of piperidine rings is 1. The van der Waals surface area contributed by atoms with Crippen molar-refractivity contribution in [3.8, 4) is 0 Å². The monoisotopic (exact) mass is 247 g/mol. The lowest BCUT2D eigenvalue weighted by Crippen LogP contribution is -2.38. The van der Waals surface area contributed by atoms with Gasteiger partial charge in [-0.05, 0) is 49.3 Å². The fourth-order valence-corrected chi connectivity index (χ4v) is 2.78. The number of hydrogen-bond donors (Lipinski definition) is 2. The predicted molar refractivity (Wildman–Crippen MR) is 75.6 cm³/mol. The summed E-state index contributed by atoms with van der Waals surface area (Å²) in [5, 5.41) is 13.8. The first kappa shape index (κ1) is 13.6. The lowest BCUT2D eigenvalue weighted by molar-refractivity contribution is 0.138. The van der Waals surface area contributed by atoms with Crippen molar-refractivity contribution in [2.75, 3.05) is 6.54 Å². The van der Waals surface area contributed by atoms with Crippen LogP contribution >= 0.6 is 0 Å². The molecule has 1 fully saturated rings. The van der Waals surface area contributed by atoms with Crippen molar-refractivity contribution in [1.29, 1.82) is 0 Å². The highest BCUT2D eigenvalue weighted by atomic mass is 16.3. The van der Waals surface area contributed by atoms with Crippen molar-refractivity contribution >= 4 is 0 Å². The molecule has 2 heteroatoms. The van der Waals surface area contributed by atoms with Crippen LogP contribution in [0.3, 0.4) is 0 Å². The minimum Gasteiger partial charge on any atom is -0.388 e. The van der Waals surface area contributed by atoms with Crippen molar-refractivity contribution in [2.24, 2.45) is 5.92 Å². The van der Waals surface area contributed by atoms with E-state index < -0.39 is 0 Å². The third-order valence-corrected chi connectivity index (χ3v) is 4.04. The van der Waals surface area contributed by atoms with E-state index >= 15 is 0 Å². The molecule has 1 aromatic rings. The quantitative estimate of drug-likeness (QED) is 0.857. The molecule has 18 heavy (non-hydrogen) atoms. The molecule has 0 bridgehead atoms. The molecule has 1 aliphatic heterocycles. The van der Waals surface area contributed by atoms with Crippen LogP contribution in [-0.4, -0.2) is 17.7 Å². The Kier molecular flexibility index (Phi) is 4.79. The molecule has 0 aromatic heterocycles. The van der Waals surface area contributed by atoms with E-state index in [1.54, 1.807) is 0 Å². The van der Waals surface area contributed by atoms with E-state index in [9.17, 15) is 5.11 Å². The van der Waals surface area contributed by atoms with E-state index in [0.717, 1.165) is 30.9 Å². The number of hydrogen-bond acceptors (Lipinski definition) is 2. The van der Waals surface area contributed by atoms with Crippen LogP contribution in [0.5, 0.6) is 0 Å². The maximum Gasteiger partial charge on any atom is 0.0804 e. The molecule has 3 atom stereocenters. The first-order chi connectivity index (χ1) is 8.69. The molecule has 2 rings (SSSR count). The van der Waals surface area contributed by atoms with E-state index in [-0.39, 0.29) is 6.10 Å². The summed E-state index contributed by atoms with van der Waals surface area (Å²) < 4.78 is 0. The van der Waals surface area contributed by atoms with Crippen LogP contribution in [-0.2, 0) is 6.42 Å². The fourth-order valence-electron chi connectivity index (χ4n) is 2.78. The van der Waals surface area contributed by atoms with Gasteiger partial charge in [-0.3, -0.25) is 0 Å². The van der Waals surface area contributed by atoms with Gasteiger partial charge in [0, 0.05) is 6.04 Å². The zero-order valence-corrected chi connectivity index (χ0v) is 11.5. The topological polar surface area (TPSA) is 32.3 Å². The Hall–Kier alpha value is -0.860. The molecule has 0 spiro atoms. The van der Waals surface area contributed by atoms with Gasteiger partial charge >= 0.3 is 0 Å². The molecule has 0 radical (unpaired) electrons. The Balaban J connectivity index is 1.91. The van der Waals surface area contributed by atoms with E-state index in [2.05, 4.69) is 43.4 Å². The van der Waals surface area contributed by atoms with Gasteiger partial charge in [-0.25, -0.2) is 0 Å². The first-order valence-electron chi connectivity index (χ1n) is 7.19. The van der Waals surface area contributed by atoms with Crippen LogP contribution < -0.4 is 5.32 Å². The van der Waals surface area contributed by atoms with Crippen molar-refractivity contribution in [3.63, 3.8) is 0 Å². The molecule has 0 aliphatic carbocycles. The fraction of sp³-hybridized carbons (Fsp3) is 0.625. The summed E-state index contributed by atoms with van der Waals surface area (Å²) in [5.41, 5.74) is 2.38. The summed E-state index contributed by atoms with van der Waals surface area (Å²) in [6.07, 6.45) is 3.99. The summed E-state index contributed by atoms with van der Waals surface area (Å²) in [7, 11) is 0. The molecular formula is C16H25NO. The summed E-state index contributed by atoms with van der Waals surface area (Å²) in [6.45, 7) is 5.54. The van der Waals surface area contributed by atoms with Crippen LogP contribution in [0, 0.1) is 5.92 Å². The van der Waals surface area contributed by atoms with Gasteiger partial charge in [-0.15, -0.1) is 0 Å². The molecule has 3 unspecified atom stereocenters. The summed E-state index contributed by atoms with van der Waals surface area (Å²) in [5.74, 6) is 0.783. The highest BCUT2D eigenvalue weighted by Crippen LogP contribution is 2.24. The highest BCUT2D eigenvalue weighted by molar-refractivity contribution is 5.24. The van der Waals surface area contributed by atoms with Gasteiger partial charge in [-0.2, -0.15) is 0 Å². The van der Waals surface area contributed by atoms with Crippen LogP contribution in [0.4, 0.5) is 0 Å². The molecule has 2 N–H and O–H groups in total. The molecule has 2 nitrogen and oxygen atoms in total. The number of aliphatic hydroxyl groups excluding tert-OH is 1. The summed E-state index contributed by atoms with van der Waals surface area (Å²) >= 11 is 0. The van der Waals surface area contributed by atoms with Crippen molar-refractivity contribution in [2.45, 2.75) is 51.7 Å². The van der Waals surface area contributed by atoms with Crippen LogP contribution in [0.1, 0.15) is 50.3 Å². The van der Waals surface area contributed by atoms with E-state index in [1.165, 1.54) is 18.4 Å². The van der Waals surface area contributed by atoms with E-state index in [1.807, 2.05) is 0 Å². The minimum atomic E-state index is -0.335. The number of aliphatic hydroxyl groups is 1. The maximum absolute atomic E-state index is 10.3. The third kappa shape index (κ3) is 3.56. The Morgan fingerprint density at radius 1 is 1.33 bits per heavy atom. The van der Waals surface area contributed by atoms with E-state index in [4.69, 9.17) is 0 Å².